The zero-order valence-electron chi connectivity index (χ0n) is 11.6. The molecule has 2 rings (SSSR count). The predicted octanol–water partition coefficient (Wildman–Crippen LogP) is 1.97. The number of rotatable bonds is 3. The minimum atomic E-state index is 0.0238. The molecule has 4 nitrogen and oxygen atoms in total. The van der Waals surface area contributed by atoms with Crippen molar-refractivity contribution < 1.29 is 4.79 Å². The average molecular weight is 261 g/mol. The third-order valence-electron chi connectivity index (χ3n) is 3.70. The van der Waals surface area contributed by atoms with E-state index < -0.39 is 0 Å². The SMILES string of the molecule is CN(C(=O)NCc1ccccc1)C1CCCNCC1. The molecule has 19 heavy (non-hydrogen) atoms. The van der Waals surface area contributed by atoms with Crippen molar-refractivity contribution in [3.63, 3.8) is 0 Å². The Balaban J connectivity index is 1.81. The molecule has 0 aromatic heterocycles. The maximum absolute atomic E-state index is 12.1. The molecule has 1 aliphatic rings. The van der Waals surface area contributed by atoms with Gasteiger partial charge >= 0.3 is 6.03 Å². The molecule has 4 heteroatoms. The van der Waals surface area contributed by atoms with E-state index in [0.717, 1.165) is 37.9 Å². The van der Waals surface area contributed by atoms with E-state index in [2.05, 4.69) is 10.6 Å². The molecule has 0 aliphatic carbocycles. The maximum Gasteiger partial charge on any atom is 0.317 e. The van der Waals surface area contributed by atoms with Gasteiger partial charge in [0.25, 0.3) is 0 Å². The van der Waals surface area contributed by atoms with Gasteiger partial charge in [0.05, 0.1) is 0 Å². The number of amides is 2. The summed E-state index contributed by atoms with van der Waals surface area (Å²) in [5, 5.41) is 6.35. The fourth-order valence-corrected chi connectivity index (χ4v) is 2.45. The Morgan fingerprint density at radius 2 is 2.11 bits per heavy atom. The van der Waals surface area contributed by atoms with Crippen molar-refractivity contribution in [3.8, 4) is 0 Å². The van der Waals surface area contributed by atoms with Crippen LogP contribution >= 0.6 is 0 Å². The summed E-state index contributed by atoms with van der Waals surface area (Å²) in [4.78, 5) is 14.0. The average Bonchev–Trinajstić information content (AvgIpc) is 2.74. The molecule has 1 aliphatic heterocycles. The highest BCUT2D eigenvalue weighted by atomic mass is 16.2. The molecular formula is C15H23N3O. The molecule has 1 fully saturated rings. The van der Waals surface area contributed by atoms with Gasteiger partial charge in [0.2, 0.25) is 0 Å². The lowest BCUT2D eigenvalue weighted by atomic mass is 10.1. The summed E-state index contributed by atoms with van der Waals surface area (Å²) < 4.78 is 0. The van der Waals surface area contributed by atoms with Gasteiger partial charge < -0.3 is 15.5 Å². The number of benzene rings is 1. The molecule has 104 valence electrons. The van der Waals surface area contributed by atoms with Crippen LogP contribution < -0.4 is 10.6 Å². The van der Waals surface area contributed by atoms with Gasteiger partial charge in [-0.25, -0.2) is 4.79 Å². The lowest BCUT2D eigenvalue weighted by molar-refractivity contribution is 0.184. The number of nitrogens with one attached hydrogen (secondary N) is 2. The number of carbonyl (C=O) groups excluding carboxylic acids is 1. The molecule has 0 spiro atoms. The summed E-state index contributed by atoms with van der Waals surface area (Å²) in [5.74, 6) is 0. The third kappa shape index (κ3) is 4.24. The highest BCUT2D eigenvalue weighted by Gasteiger charge is 2.20. The van der Waals surface area contributed by atoms with Crippen LogP contribution in [0.5, 0.6) is 0 Å². The van der Waals surface area contributed by atoms with Crippen molar-refractivity contribution in [2.45, 2.75) is 31.8 Å². The van der Waals surface area contributed by atoms with Crippen molar-refractivity contribution in [2.24, 2.45) is 0 Å². The fraction of sp³-hybridized carbons (Fsp3) is 0.533. The molecule has 1 heterocycles. The number of urea groups is 1. The van der Waals surface area contributed by atoms with Gasteiger partial charge in [-0.2, -0.15) is 0 Å². The van der Waals surface area contributed by atoms with E-state index in [-0.39, 0.29) is 6.03 Å². The summed E-state index contributed by atoms with van der Waals surface area (Å²) in [7, 11) is 1.90. The molecule has 1 aromatic rings. The van der Waals surface area contributed by atoms with E-state index in [4.69, 9.17) is 0 Å². The lowest BCUT2D eigenvalue weighted by Gasteiger charge is -2.27. The van der Waals surface area contributed by atoms with Crippen LogP contribution in [0.3, 0.4) is 0 Å². The van der Waals surface area contributed by atoms with E-state index in [1.807, 2.05) is 42.3 Å². The molecule has 2 amide bonds. The Bertz CT molecular complexity index is 386. The van der Waals surface area contributed by atoms with Crippen LogP contribution in [0.4, 0.5) is 4.79 Å². The monoisotopic (exact) mass is 261 g/mol. The third-order valence-corrected chi connectivity index (χ3v) is 3.70. The first-order valence-corrected chi connectivity index (χ1v) is 7.02. The van der Waals surface area contributed by atoms with Crippen LogP contribution in [0.25, 0.3) is 0 Å². The standard InChI is InChI=1S/C15H23N3O/c1-18(14-8-5-10-16-11-9-14)15(19)17-12-13-6-3-2-4-7-13/h2-4,6-7,14,16H,5,8-12H2,1H3,(H,17,19). The fourth-order valence-electron chi connectivity index (χ4n) is 2.45. The molecule has 0 bridgehead atoms. The Labute approximate surface area is 115 Å². The van der Waals surface area contributed by atoms with Gasteiger partial charge in [-0.3, -0.25) is 0 Å². The lowest BCUT2D eigenvalue weighted by Crippen LogP contribution is -2.43. The van der Waals surface area contributed by atoms with Crippen molar-refractivity contribution in [3.05, 3.63) is 35.9 Å². The van der Waals surface area contributed by atoms with E-state index in [9.17, 15) is 4.79 Å². The normalized spacial score (nSPS) is 19.5. The van der Waals surface area contributed by atoms with Crippen LogP contribution in [0, 0.1) is 0 Å². The minimum Gasteiger partial charge on any atom is -0.334 e. The highest BCUT2D eigenvalue weighted by molar-refractivity contribution is 5.74. The van der Waals surface area contributed by atoms with Crippen molar-refractivity contribution in [2.75, 3.05) is 20.1 Å². The first-order valence-electron chi connectivity index (χ1n) is 7.02. The first-order chi connectivity index (χ1) is 9.27. The van der Waals surface area contributed by atoms with E-state index in [0.29, 0.717) is 12.6 Å². The van der Waals surface area contributed by atoms with Crippen LogP contribution in [-0.4, -0.2) is 37.1 Å². The van der Waals surface area contributed by atoms with Crippen molar-refractivity contribution >= 4 is 6.03 Å². The highest BCUT2D eigenvalue weighted by Crippen LogP contribution is 2.11. The summed E-state index contributed by atoms with van der Waals surface area (Å²) >= 11 is 0. The molecule has 1 aromatic carbocycles. The Morgan fingerprint density at radius 3 is 2.89 bits per heavy atom. The second kappa shape index (κ2) is 7.14. The summed E-state index contributed by atoms with van der Waals surface area (Å²) in [5.41, 5.74) is 1.13. The van der Waals surface area contributed by atoms with Gasteiger partial charge in [-0.05, 0) is 37.9 Å². The van der Waals surface area contributed by atoms with Gasteiger partial charge in [0, 0.05) is 19.6 Å². The minimum absolute atomic E-state index is 0.0238. The Morgan fingerprint density at radius 1 is 1.32 bits per heavy atom. The molecule has 1 atom stereocenters. The van der Waals surface area contributed by atoms with E-state index in [1.165, 1.54) is 0 Å². The van der Waals surface area contributed by atoms with E-state index in [1.54, 1.807) is 0 Å². The molecule has 1 unspecified atom stereocenters. The molecular weight excluding hydrogens is 238 g/mol. The van der Waals surface area contributed by atoms with Crippen molar-refractivity contribution in [1.82, 2.24) is 15.5 Å². The Hall–Kier alpha value is -1.55. The van der Waals surface area contributed by atoms with Gasteiger partial charge in [-0.15, -0.1) is 0 Å². The molecule has 2 N–H and O–H groups in total. The smallest absolute Gasteiger partial charge is 0.317 e. The molecule has 0 saturated carbocycles. The second-order valence-corrected chi connectivity index (χ2v) is 5.09. The van der Waals surface area contributed by atoms with Crippen LogP contribution in [0.15, 0.2) is 30.3 Å². The zero-order chi connectivity index (χ0) is 13.5. The molecule has 0 radical (unpaired) electrons. The number of hydrogen-bond acceptors (Lipinski definition) is 2. The zero-order valence-corrected chi connectivity index (χ0v) is 11.6. The maximum atomic E-state index is 12.1. The summed E-state index contributed by atoms with van der Waals surface area (Å²) in [6.07, 6.45) is 3.26. The Kier molecular flexibility index (Phi) is 5.21. The first kappa shape index (κ1) is 13.9. The largest absolute Gasteiger partial charge is 0.334 e. The van der Waals surface area contributed by atoms with Crippen molar-refractivity contribution in [1.29, 1.82) is 0 Å². The van der Waals surface area contributed by atoms with Gasteiger partial charge in [0.15, 0.2) is 0 Å². The predicted molar refractivity (Wildman–Crippen MR) is 76.9 cm³/mol. The summed E-state index contributed by atoms with van der Waals surface area (Å²) in [6, 6.07) is 10.4. The second-order valence-electron chi connectivity index (χ2n) is 5.09. The number of carbonyl (C=O) groups is 1. The number of nitrogens with zero attached hydrogens (tertiary/aromatic N) is 1. The van der Waals surface area contributed by atoms with Crippen LogP contribution in [-0.2, 0) is 6.54 Å². The molecule has 1 saturated heterocycles. The van der Waals surface area contributed by atoms with E-state index >= 15 is 0 Å². The van der Waals surface area contributed by atoms with Gasteiger partial charge in [0.1, 0.15) is 0 Å². The van der Waals surface area contributed by atoms with Gasteiger partial charge in [-0.1, -0.05) is 30.3 Å². The van der Waals surface area contributed by atoms with Crippen LogP contribution in [0.2, 0.25) is 0 Å². The number of hydrogen-bond donors (Lipinski definition) is 2. The van der Waals surface area contributed by atoms with Crippen LogP contribution in [0.1, 0.15) is 24.8 Å². The quantitative estimate of drug-likeness (QED) is 0.873. The topological polar surface area (TPSA) is 44.4 Å². The summed E-state index contributed by atoms with van der Waals surface area (Å²) in [6.45, 7) is 2.66.